The van der Waals surface area contributed by atoms with Crippen LogP contribution in [0.2, 0.25) is 0 Å². The molecule has 1 amide bonds. The van der Waals surface area contributed by atoms with Crippen LogP contribution in [0.15, 0.2) is 65.1 Å². The molecule has 5 aromatic rings. The zero-order chi connectivity index (χ0) is 20.7. The lowest BCUT2D eigenvalue weighted by Gasteiger charge is -2.09. The largest absolute Gasteiger partial charge is 0.322 e. The Morgan fingerprint density at radius 1 is 1.03 bits per heavy atom. The Bertz CT molecular complexity index is 1390. The summed E-state index contributed by atoms with van der Waals surface area (Å²) in [5.41, 5.74) is 2.34. The zero-order valence-electron chi connectivity index (χ0n) is 16.0. The summed E-state index contributed by atoms with van der Waals surface area (Å²) in [7, 11) is 0. The van der Waals surface area contributed by atoms with Crippen molar-refractivity contribution in [3.63, 3.8) is 0 Å². The van der Waals surface area contributed by atoms with Crippen LogP contribution in [0.5, 0.6) is 0 Å². The lowest BCUT2D eigenvalue weighted by molar-refractivity contribution is 0.102. The summed E-state index contributed by atoms with van der Waals surface area (Å²) in [4.78, 5) is 13.7. The molecule has 1 N–H and O–H groups in total. The van der Waals surface area contributed by atoms with E-state index >= 15 is 0 Å². The molecule has 0 saturated heterocycles. The standard InChI is InChI=1S/C22H16BrN5OS/c1-2-19-25-26-22-28(19)27-21(30-22)13-9-11-14(12-10-13)24-20(29)17-7-3-6-16-15(17)5-4-8-18(16)23/h3-12H,2H2,1H3,(H,24,29). The van der Waals surface area contributed by atoms with E-state index in [0.29, 0.717) is 5.56 Å². The average molecular weight is 478 g/mol. The lowest BCUT2D eigenvalue weighted by Crippen LogP contribution is -2.12. The molecule has 0 bridgehead atoms. The Hall–Kier alpha value is -3.10. The number of hydrogen-bond donors (Lipinski definition) is 1. The van der Waals surface area contributed by atoms with Crippen LogP contribution in [0, 0.1) is 0 Å². The predicted octanol–water partition coefficient (Wildman–Crippen LogP) is 5.58. The molecule has 8 heteroatoms. The van der Waals surface area contributed by atoms with Crippen LogP contribution in [0.1, 0.15) is 23.1 Å². The number of carbonyl (C=O) groups is 1. The van der Waals surface area contributed by atoms with E-state index in [0.717, 1.165) is 48.7 Å². The van der Waals surface area contributed by atoms with Gasteiger partial charge < -0.3 is 5.32 Å². The minimum absolute atomic E-state index is 0.141. The number of carbonyl (C=O) groups excluding carboxylic acids is 1. The summed E-state index contributed by atoms with van der Waals surface area (Å²) in [6.07, 6.45) is 0.778. The molecule has 0 atom stereocenters. The van der Waals surface area contributed by atoms with E-state index in [9.17, 15) is 4.79 Å². The van der Waals surface area contributed by atoms with Gasteiger partial charge >= 0.3 is 0 Å². The topological polar surface area (TPSA) is 72.2 Å². The molecule has 2 heterocycles. The van der Waals surface area contributed by atoms with E-state index < -0.39 is 0 Å². The smallest absolute Gasteiger partial charge is 0.256 e. The van der Waals surface area contributed by atoms with Gasteiger partial charge in [-0.3, -0.25) is 4.79 Å². The summed E-state index contributed by atoms with van der Waals surface area (Å²) < 4.78 is 2.75. The van der Waals surface area contributed by atoms with Gasteiger partial charge in [-0.05, 0) is 47.2 Å². The Morgan fingerprint density at radius 2 is 1.80 bits per heavy atom. The summed E-state index contributed by atoms with van der Waals surface area (Å²) in [6, 6.07) is 19.3. The highest BCUT2D eigenvalue weighted by atomic mass is 79.9. The molecule has 0 aliphatic carbocycles. The van der Waals surface area contributed by atoms with Gasteiger partial charge in [0.1, 0.15) is 5.01 Å². The highest BCUT2D eigenvalue weighted by Crippen LogP contribution is 2.28. The van der Waals surface area contributed by atoms with Crippen molar-refractivity contribution < 1.29 is 4.79 Å². The minimum atomic E-state index is -0.141. The third-order valence-corrected chi connectivity index (χ3v) is 6.51. The maximum Gasteiger partial charge on any atom is 0.256 e. The van der Waals surface area contributed by atoms with Gasteiger partial charge in [0.05, 0.1) is 0 Å². The first-order chi connectivity index (χ1) is 14.6. The molecule has 2 aromatic heterocycles. The number of anilines is 1. The minimum Gasteiger partial charge on any atom is -0.322 e. The number of aromatic nitrogens is 4. The molecular weight excluding hydrogens is 462 g/mol. The van der Waals surface area contributed by atoms with Gasteiger partial charge in [0.15, 0.2) is 5.82 Å². The van der Waals surface area contributed by atoms with Crippen molar-refractivity contribution in [2.45, 2.75) is 13.3 Å². The first-order valence-electron chi connectivity index (χ1n) is 9.44. The normalized spacial score (nSPS) is 11.3. The number of hydrogen-bond acceptors (Lipinski definition) is 5. The van der Waals surface area contributed by atoms with Gasteiger partial charge in [-0.2, -0.15) is 9.61 Å². The summed E-state index contributed by atoms with van der Waals surface area (Å²) >= 11 is 5.04. The van der Waals surface area contributed by atoms with E-state index in [2.05, 4.69) is 36.5 Å². The van der Waals surface area contributed by atoms with Gasteiger partial charge in [-0.15, -0.1) is 10.2 Å². The van der Waals surface area contributed by atoms with Crippen LogP contribution < -0.4 is 5.32 Å². The summed E-state index contributed by atoms with van der Waals surface area (Å²) in [5, 5.41) is 18.7. The van der Waals surface area contributed by atoms with Crippen molar-refractivity contribution in [2.24, 2.45) is 0 Å². The van der Waals surface area contributed by atoms with Crippen molar-refractivity contribution in [1.29, 1.82) is 0 Å². The zero-order valence-corrected chi connectivity index (χ0v) is 18.4. The first kappa shape index (κ1) is 18.9. The molecule has 30 heavy (non-hydrogen) atoms. The number of aryl methyl sites for hydroxylation is 1. The van der Waals surface area contributed by atoms with Gasteiger partial charge in [-0.1, -0.05) is 58.5 Å². The Balaban J connectivity index is 1.40. The van der Waals surface area contributed by atoms with E-state index in [1.807, 2.05) is 67.6 Å². The number of nitrogens with zero attached hydrogens (tertiary/aromatic N) is 4. The van der Waals surface area contributed by atoms with Crippen molar-refractivity contribution >= 4 is 54.6 Å². The summed E-state index contributed by atoms with van der Waals surface area (Å²) in [6.45, 7) is 2.03. The molecule has 0 saturated carbocycles. The molecule has 0 unspecified atom stereocenters. The molecule has 3 aromatic carbocycles. The number of rotatable bonds is 4. The number of halogens is 1. The van der Waals surface area contributed by atoms with E-state index in [1.54, 1.807) is 4.52 Å². The molecule has 0 fully saturated rings. The van der Waals surface area contributed by atoms with Crippen molar-refractivity contribution in [2.75, 3.05) is 5.32 Å². The second kappa shape index (κ2) is 7.62. The predicted molar refractivity (Wildman–Crippen MR) is 123 cm³/mol. The van der Waals surface area contributed by atoms with E-state index in [4.69, 9.17) is 0 Å². The van der Waals surface area contributed by atoms with Crippen LogP contribution >= 0.6 is 27.3 Å². The van der Waals surface area contributed by atoms with E-state index in [-0.39, 0.29) is 5.91 Å². The Morgan fingerprint density at radius 3 is 2.60 bits per heavy atom. The molecule has 0 aliphatic heterocycles. The van der Waals surface area contributed by atoms with Crippen molar-refractivity contribution in [3.05, 3.63) is 76.5 Å². The maximum absolute atomic E-state index is 12.9. The summed E-state index contributed by atoms with van der Waals surface area (Å²) in [5.74, 6) is 0.705. The lowest BCUT2D eigenvalue weighted by atomic mass is 10.0. The Labute approximate surface area is 184 Å². The first-order valence-corrected chi connectivity index (χ1v) is 11.0. The van der Waals surface area contributed by atoms with Crippen LogP contribution in [-0.4, -0.2) is 25.7 Å². The van der Waals surface area contributed by atoms with Crippen molar-refractivity contribution in [1.82, 2.24) is 19.8 Å². The third-order valence-electron chi connectivity index (χ3n) is 4.87. The number of benzene rings is 3. The van der Waals surface area contributed by atoms with Crippen LogP contribution in [0.3, 0.4) is 0 Å². The van der Waals surface area contributed by atoms with Crippen molar-refractivity contribution in [3.8, 4) is 10.6 Å². The SMILES string of the molecule is CCc1nnc2sc(-c3ccc(NC(=O)c4cccc5c(Br)cccc45)cc3)nn12. The third kappa shape index (κ3) is 3.28. The van der Waals surface area contributed by atoms with Crippen LogP contribution in [-0.2, 0) is 6.42 Å². The van der Waals surface area contributed by atoms with Gasteiger partial charge in [-0.25, -0.2) is 0 Å². The fourth-order valence-corrected chi connectivity index (χ4v) is 4.72. The highest BCUT2D eigenvalue weighted by Gasteiger charge is 2.13. The monoisotopic (exact) mass is 477 g/mol. The fraction of sp³-hybridized carbons (Fsp3) is 0.0909. The molecule has 0 radical (unpaired) electrons. The molecule has 148 valence electrons. The average Bonchev–Trinajstić information content (AvgIpc) is 3.35. The van der Waals surface area contributed by atoms with Gasteiger partial charge in [0.25, 0.3) is 5.91 Å². The number of fused-ring (bicyclic) bond motifs is 2. The molecular formula is C22H16BrN5OS. The van der Waals surface area contributed by atoms with Gasteiger partial charge in [0, 0.05) is 27.7 Å². The second-order valence-electron chi connectivity index (χ2n) is 6.74. The van der Waals surface area contributed by atoms with Gasteiger partial charge in [0.2, 0.25) is 4.96 Å². The maximum atomic E-state index is 12.9. The fourth-order valence-electron chi connectivity index (χ4n) is 3.36. The highest BCUT2D eigenvalue weighted by molar-refractivity contribution is 9.10. The van der Waals surface area contributed by atoms with Crippen LogP contribution in [0.25, 0.3) is 26.3 Å². The number of amides is 1. The molecule has 6 nitrogen and oxygen atoms in total. The molecule has 0 spiro atoms. The molecule has 5 rings (SSSR count). The second-order valence-corrected chi connectivity index (χ2v) is 8.55. The quantitative estimate of drug-likeness (QED) is 0.366. The molecule has 0 aliphatic rings. The van der Waals surface area contributed by atoms with Crippen LogP contribution in [0.4, 0.5) is 5.69 Å². The number of nitrogens with one attached hydrogen (secondary N) is 1. The van der Waals surface area contributed by atoms with E-state index in [1.165, 1.54) is 11.3 Å². The Kier molecular flexibility index (Phi) is 4.80.